The molecule has 0 heterocycles. The summed E-state index contributed by atoms with van der Waals surface area (Å²) in [6, 6.07) is 0. The topological polar surface area (TPSA) is 0 Å². The molecule has 0 aliphatic heterocycles. The van der Waals surface area contributed by atoms with Crippen LogP contribution in [0.15, 0.2) is 0 Å². The number of hydrogen-bond donors (Lipinski definition) is 0. The monoisotopic (exact) mass is 100 g/mol. The van der Waals surface area contributed by atoms with Crippen molar-refractivity contribution in [1.82, 2.24) is 0 Å². The first-order chi connectivity index (χ1) is 2.64. The summed E-state index contributed by atoms with van der Waals surface area (Å²) in [5.74, 6) is 0. The summed E-state index contributed by atoms with van der Waals surface area (Å²) in [6.45, 7) is 9.02. The third-order valence-corrected chi connectivity index (χ3v) is 3.00. The molecule has 6 heavy (non-hydrogen) atoms. The van der Waals surface area contributed by atoms with Crippen molar-refractivity contribution in [3.63, 3.8) is 0 Å². The Labute approximate surface area is 42.2 Å². The predicted octanol–water partition coefficient (Wildman–Crippen LogP) is 1.89. The van der Waals surface area contributed by atoms with E-state index in [1.165, 1.54) is 0 Å². The summed E-state index contributed by atoms with van der Waals surface area (Å²) >= 11 is 0. The van der Waals surface area contributed by atoms with Gasteiger partial charge in [0.25, 0.3) is 0 Å². The fraction of sp³-hybridized carbons (Fsp3) is 0.800. The van der Waals surface area contributed by atoms with Crippen LogP contribution in [0.5, 0.6) is 0 Å². The summed E-state index contributed by atoms with van der Waals surface area (Å²) in [5.41, 5.74) is 1.61. The van der Waals surface area contributed by atoms with Gasteiger partial charge in [0.2, 0.25) is 0 Å². The van der Waals surface area contributed by atoms with E-state index in [2.05, 4.69) is 26.9 Å². The lowest BCUT2D eigenvalue weighted by molar-refractivity contribution is 1.28. The highest BCUT2D eigenvalue weighted by Gasteiger charge is 1.98. The van der Waals surface area contributed by atoms with Crippen LogP contribution in [0.3, 0.4) is 0 Å². The van der Waals surface area contributed by atoms with Crippen molar-refractivity contribution in [2.45, 2.75) is 26.9 Å². The second kappa shape index (κ2) is 2.40. The maximum Gasteiger partial charge on any atom is 0.0476 e. The van der Waals surface area contributed by atoms with Gasteiger partial charge in [0, 0.05) is 8.80 Å². The van der Waals surface area contributed by atoms with E-state index in [-0.39, 0.29) is 8.80 Å². The lowest BCUT2D eigenvalue weighted by Crippen LogP contribution is -2.06. The number of hydrogen-bond acceptors (Lipinski definition) is 0. The Morgan fingerprint density at radius 2 is 1.33 bits per heavy atom. The van der Waals surface area contributed by atoms with E-state index in [9.17, 15) is 0 Å². The van der Waals surface area contributed by atoms with E-state index in [1.54, 1.807) is 5.54 Å². The highest BCUT2D eigenvalue weighted by atomic mass is 28.3. The lowest BCUT2D eigenvalue weighted by Gasteiger charge is -2.02. The summed E-state index contributed by atoms with van der Waals surface area (Å²) in [5, 5.41) is 0. The normalized spacial score (nSPS) is 11.0. The molecule has 0 amide bonds. The zero-order chi connectivity index (χ0) is 5.15. The molecule has 0 atom stereocenters. The molecule has 0 unspecified atom stereocenters. The molecule has 0 saturated heterocycles. The summed E-state index contributed by atoms with van der Waals surface area (Å²) in [7, 11) is -0.0350. The molecule has 0 spiro atoms. The van der Waals surface area contributed by atoms with Crippen molar-refractivity contribution in [3.8, 4) is 0 Å². The summed E-state index contributed by atoms with van der Waals surface area (Å²) in [4.78, 5) is 0. The fourth-order valence-corrected chi connectivity index (χ4v) is 0. The van der Waals surface area contributed by atoms with Crippen molar-refractivity contribution in [1.29, 1.82) is 0 Å². The van der Waals surface area contributed by atoms with Crippen LogP contribution in [0.25, 0.3) is 0 Å². The van der Waals surface area contributed by atoms with Crippen LogP contribution in [0.2, 0.25) is 13.1 Å². The summed E-state index contributed by atoms with van der Waals surface area (Å²) < 4.78 is 0. The van der Waals surface area contributed by atoms with Gasteiger partial charge in [0.15, 0.2) is 0 Å². The molecule has 0 fully saturated rings. The quantitative estimate of drug-likeness (QED) is 0.441. The van der Waals surface area contributed by atoms with E-state index < -0.39 is 0 Å². The molecule has 0 N–H and O–H groups in total. The molecular weight excluding hydrogens is 88.1 g/mol. The zero-order valence-corrected chi connectivity index (χ0v) is 6.00. The molecule has 0 aliphatic carbocycles. The van der Waals surface area contributed by atoms with Gasteiger partial charge in [-0.25, -0.2) is 0 Å². The maximum atomic E-state index is 2.31. The molecule has 0 aromatic heterocycles. The molecule has 2 radical (unpaired) electrons. The molecule has 0 bridgehead atoms. The van der Waals surface area contributed by atoms with Crippen LogP contribution in [-0.4, -0.2) is 8.80 Å². The Kier molecular flexibility index (Phi) is 2.49. The van der Waals surface area contributed by atoms with Crippen molar-refractivity contribution in [2.75, 3.05) is 0 Å². The maximum absolute atomic E-state index is 2.31. The van der Waals surface area contributed by atoms with Crippen molar-refractivity contribution >= 4 is 8.80 Å². The average Bonchev–Trinajstić information content (AvgIpc) is 1.36. The van der Waals surface area contributed by atoms with Crippen LogP contribution >= 0.6 is 0 Å². The smallest absolute Gasteiger partial charge is 0.0476 e. The van der Waals surface area contributed by atoms with Gasteiger partial charge >= 0.3 is 0 Å². The van der Waals surface area contributed by atoms with Crippen molar-refractivity contribution in [2.24, 2.45) is 0 Å². The Morgan fingerprint density at radius 3 is 1.33 bits per heavy atom. The third kappa shape index (κ3) is 2.45. The van der Waals surface area contributed by atoms with E-state index in [0.717, 1.165) is 0 Å². The molecule has 0 aliphatic rings. The Morgan fingerprint density at radius 1 is 1.17 bits per heavy atom. The number of rotatable bonds is 1. The molecule has 0 nitrogen and oxygen atoms in total. The largest absolute Gasteiger partial charge is 0.0709 e. The zero-order valence-electron chi connectivity index (χ0n) is 5.00. The summed E-state index contributed by atoms with van der Waals surface area (Å²) in [6.07, 6.45) is 0. The van der Waals surface area contributed by atoms with E-state index >= 15 is 0 Å². The molecule has 0 aromatic carbocycles. The van der Waals surface area contributed by atoms with Gasteiger partial charge in [-0.15, -0.1) is 0 Å². The van der Waals surface area contributed by atoms with Gasteiger partial charge in [-0.2, -0.15) is 0 Å². The van der Waals surface area contributed by atoms with Crippen molar-refractivity contribution in [3.05, 3.63) is 5.54 Å². The average molecular weight is 100 g/mol. The van der Waals surface area contributed by atoms with Gasteiger partial charge in [0.05, 0.1) is 0 Å². The molecule has 36 valence electrons. The van der Waals surface area contributed by atoms with Crippen LogP contribution in [0.4, 0.5) is 0 Å². The Balaban J connectivity index is 2.99. The fourth-order valence-electron chi connectivity index (χ4n) is 0. The SMILES string of the molecule is C[C](C)[Si](C)C. The predicted molar refractivity (Wildman–Crippen MR) is 32.1 cm³/mol. The minimum absolute atomic E-state index is 0.0350. The third-order valence-electron chi connectivity index (χ3n) is 1.00. The highest BCUT2D eigenvalue weighted by molar-refractivity contribution is 6.61. The van der Waals surface area contributed by atoms with Gasteiger partial charge < -0.3 is 0 Å². The van der Waals surface area contributed by atoms with Crippen LogP contribution in [-0.2, 0) is 0 Å². The van der Waals surface area contributed by atoms with E-state index in [4.69, 9.17) is 0 Å². The first-order valence-corrected chi connectivity index (χ1v) is 4.75. The van der Waals surface area contributed by atoms with E-state index in [0.29, 0.717) is 0 Å². The molecule has 0 rings (SSSR count). The minimum Gasteiger partial charge on any atom is -0.0709 e. The lowest BCUT2D eigenvalue weighted by atomic mass is 10.6. The highest BCUT2D eigenvalue weighted by Crippen LogP contribution is 1.98. The van der Waals surface area contributed by atoms with Crippen molar-refractivity contribution < 1.29 is 0 Å². The minimum atomic E-state index is -0.0350. The second-order valence-electron chi connectivity index (χ2n) is 2.00. The van der Waals surface area contributed by atoms with Crippen LogP contribution < -0.4 is 0 Å². The molecule has 0 aromatic rings. The Bertz CT molecular complexity index is 24.9. The first kappa shape index (κ1) is 6.22. The first-order valence-electron chi connectivity index (χ1n) is 2.25. The van der Waals surface area contributed by atoms with Gasteiger partial charge in [-0.05, 0) is 5.54 Å². The second-order valence-corrected chi connectivity index (χ2v) is 5.00. The van der Waals surface area contributed by atoms with Gasteiger partial charge in [-0.3, -0.25) is 0 Å². The van der Waals surface area contributed by atoms with Crippen LogP contribution in [0, 0.1) is 5.54 Å². The van der Waals surface area contributed by atoms with Crippen LogP contribution in [0.1, 0.15) is 13.8 Å². The molecular formula is C5H12Si. The molecule has 0 saturated carbocycles. The Hall–Kier alpha value is 0.217. The van der Waals surface area contributed by atoms with E-state index in [1.807, 2.05) is 0 Å². The van der Waals surface area contributed by atoms with Gasteiger partial charge in [-0.1, -0.05) is 26.9 Å². The van der Waals surface area contributed by atoms with Gasteiger partial charge in [0.1, 0.15) is 0 Å². The standard InChI is InChI=1S/C5H12Si/c1-5(2)6(3)4/h1-4H3. The molecule has 1 heteroatoms.